The van der Waals surface area contributed by atoms with Crippen LogP contribution in [0, 0.1) is 0 Å². The van der Waals surface area contributed by atoms with Crippen molar-refractivity contribution in [3.63, 3.8) is 0 Å². The number of benzene rings is 1. The molecule has 3 heteroatoms. The predicted octanol–water partition coefficient (Wildman–Crippen LogP) is 2.73. The first-order chi connectivity index (χ1) is 6.75. The molecule has 2 nitrogen and oxygen atoms in total. The lowest BCUT2D eigenvalue weighted by atomic mass is 10.2. The first kappa shape index (κ1) is 8.33. The Morgan fingerprint density at radius 1 is 1.36 bits per heavy atom. The van der Waals surface area contributed by atoms with Crippen molar-refractivity contribution in [1.29, 1.82) is 0 Å². The van der Waals surface area contributed by atoms with Gasteiger partial charge in [-0.15, -0.1) is 0 Å². The number of aromatic nitrogens is 1. The number of aliphatic hydroxyl groups excluding tert-OH is 1. The quantitative estimate of drug-likeness (QED) is 0.706. The molecule has 1 atom stereocenters. The maximum atomic E-state index is 9.70. The van der Waals surface area contributed by atoms with E-state index in [2.05, 4.69) is 4.57 Å². The molecule has 0 spiro atoms. The smallest absolute Gasteiger partial charge is 0.0957 e. The van der Waals surface area contributed by atoms with Crippen molar-refractivity contribution in [3.8, 4) is 0 Å². The molecule has 1 aliphatic heterocycles. The van der Waals surface area contributed by atoms with Gasteiger partial charge in [0, 0.05) is 28.2 Å². The monoisotopic (exact) mass is 207 g/mol. The van der Waals surface area contributed by atoms with E-state index in [4.69, 9.17) is 11.6 Å². The first-order valence-corrected chi connectivity index (χ1v) is 5.10. The highest BCUT2D eigenvalue weighted by Crippen LogP contribution is 2.33. The molecular weight excluding hydrogens is 198 g/mol. The molecule has 1 aromatic heterocycles. The average Bonchev–Trinajstić information content (AvgIpc) is 2.66. The molecule has 1 unspecified atom stereocenters. The maximum absolute atomic E-state index is 9.70. The van der Waals surface area contributed by atoms with Crippen LogP contribution in [0.3, 0.4) is 0 Å². The zero-order chi connectivity index (χ0) is 9.71. The highest BCUT2D eigenvalue weighted by molar-refractivity contribution is 6.31. The Hall–Kier alpha value is -0.990. The minimum absolute atomic E-state index is 0.304. The summed E-state index contributed by atoms with van der Waals surface area (Å²) in [6.45, 7) is 0.904. The Morgan fingerprint density at radius 2 is 2.21 bits per heavy atom. The summed E-state index contributed by atoms with van der Waals surface area (Å²) in [4.78, 5) is 0. The van der Waals surface area contributed by atoms with Crippen molar-refractivity contribution in [1.82, 2.24) is 4.57 Å². The van der Waals surface area contributed by atoms with Gasteiger partial charge in [0.2, 0.25) is 0 Å². The van der Waals surface area contributed by atoms with E-state index in [1.165, 1.54) is 5.52 Å². The molecule has 0 amide bonds. The van der Waals surface area contributed by atoms with Gasteiger partial charge in [-0.05, 0) is 30.7 Å². The van der Waals surface area contributed by atoms with Crippen LogP contribution >= 0.6 is 11.6 Å². The SMILES string of the molecule is OC1CCn2c1cc1cc(Cl)ccc12. The summed E-state index contributed by atoms with van der Waals surface area (Å²) in [5.41, 5.74) is 2.18. The fraction of sp³-hybridized carbons (Fsp3) is 0.273. The largest absolute Gasteiger partial charge is 0.387 e. The molecule has 2 aromatic rings. The highest BCUT2D eigenvalue weighted by atomic mass is 35.5. The second-order valence-electron chi connectivity index (χ2n) is 3.73. The van der Waals surface area contributed by atoms with Gasteiger partial charge in [0.15, 0.2) is 0 Å². The number of rotatable bonds is 0. The van der Waals surface area contributed by atoms with Crippen LogP contribution < -0.4 is 0 Å². The van der Waals surface area contributed by atoms with Gasteiger partial charge in [0.25, 0.3) is 0 Å². The molecule has 0 bridgehead atoms. The summed E-state index contributed by atoms with van der Waals surface area (Å²) in [6.07, 6.45) is 0.523. The maximum Gasteiger partial charge on any atom is 0.0957 e. The number of hydrogen-bond acceptors (Lipinski definition) is 1. The fourth-order valence-electron chi connectivity index (χ4n) is 2.19. The van der Waals surface area contributed by atoms with Crippen LogP contribution in [0.15, 0.2) is 24.3 Å². The Labute approximate surface area is 86.7 Å². The molecule has 0 saturated heterocycles. The Balaban J connectivity index is 2.34. The molecule has 14 heavy (non-hydrogen) atoms. The normalized spacial score (nSPS) is 20.3. The van der Waals surface area contributed by atoms with Crippen molar-refractivity contribution in [2.45, 2.75) is 19.1 Å². The van der Waals surface area contributed by atoms with Gasteiger partial charge in [0.1, 0.15) is 0 Å². The summed E-state index contributed by atoms with van der Waals surface area (Å²) in [5, 5.41) is 11.6. The number of fused-ring (bicyclic) bond motifs is 3. The van der Waals surface area contributed by atoms with E-state index in [0.29, 0.717) is 0 Å². The number of nitrogens with zero attached hydrogens (tertiary/aromatic N) is 1. The molecule has 2 heterocycles. The lowest BCUT2D eigenvalue weighted by Crippen LogP contribution is -1.91. The molecule has 3 rings (SSSR count). The van der Waals surface area contributed by atoms with E-state index >= 15 is 0 Å². The van der Waals surface area contributed by atoms with Crippen molar-refractivity contribution >= 4 is 22.5 Å². The van der Waals surface area contributed by atoms with E-state index in [-0.39, 0.29) is 6.10 Å². The van der Waals surface area contributed by atoms with E-state index in [1.807, 2.05) is 24.3 Å². The van der Waals surface area contributed by atoms with Crippen LogP contribution in [0.25, 0.3) is 10.9 Å². The van der Waals surface area contributed by atoms with E-state index in [0.717, 1.165) is 29.1 Å². The van der Waals surface area contributed by atoms with E-state index in [1.54, 1.807) is 0 Å². The van der Waals surface area contributed by atoms with Gasteiger partial charge >= 0.3 is 0 Å². The average molecular weight is 208 g/mol. The Morgan fingerprint density at radius 3 is 3.07 bits per heavy atom. The summed E-state index contributed by atoms with van der Waals surface area (Å²) in [7, 11) is 0. The second-order valence-corrected chi connectivity index (χ2v) is 4.16. The molecule has 1 N–H and O–H groups in total. The predicted molar refractivity (Wildman–Crippen MR) is 56.5 cm³/mol. The van der Waals surface area contributed by atoms with Crippen molar-refractivity contribution in [2.75, 3.05) is 0 Å². The number of aryl methyl sites for hydroxylation is 1. The minimum Gasteiger partial charge on any atom is -0.387 e. The molecular formula is C11H10ClNO. The lowest BCUT2D eigenvalue weighted by Gasteiger charge is -1.99. The van der Waals surface area contributed by atoms with Gasteiger partial charge in [-0.2, -0.15) is 0 Å². The molecule has 0 radical (unpaired) electrons. The Bertz CT molecular complexity index is 503. The zero-order valence-corrected chi connectivity index (χ0v) is 8.33. The van der Waals surface area contributed by atoms with Crippen molar-refractivity contribution in [2.24, 2.45) is 0 Å². The van der Waals surface area contributed by atoms with Crippen LogP contribution in [0.1, 0.15) is 18.2 Å². The van der Waals surface area contributed by atoms with Crippen LogP contribution in [0.2, 0.25) is 5.02 Å². The summed E-state index contributed by atoms with van der Waals surface area (Å²) in [6, 6.07) is 7.87. The van der Waals surface area contributed by atoms with Crippen LogP contribution in [-0.2, 0) is 6.54 Å². The van der Waals surface area contributed by atoms with Gasteiger partial charge in [-0.25, -0.2) is 0 Å². The zero-order valence-electron chi connectivity index (χ0n) is 7.57. The van der Waals surface area contributed by atoms with Crippen molar-refractivity contribution < 1.29 is 5.11 Å². The van der Waals surface area contributed by atoms with Gasteiger partial charge in [0.05, 0.1) is 6.10 Å². The molecule has 72 valence electrons. The minimum atomic E-state index is -0.304. The van der Waals surface area contributed by atoms with E-state index in [9.17, 15) is 5.11 Å². The topological polar surface area (TPSA) is 25.2 Å². The standard InChI is InChI=1S/C11H10ClNO/c12-8-1-2-9-7(5-8)6-10-11(14)3-4-13(9)10/h1-2,5-6,11,14H,3-4H2. The van der Waals surface area contributed by atoms with Gasteiger partial charge < -0.3 is 9.67 Å². The lowest BCUT2D eigenvalue weighted by molar-refractivity contribution is 0.180. The van der Waals surface area contributed by atoms with Crippen LogP contribution in [0.4, 0.5) is 0 Å². The second kappa shape index (κ2) is 2.75. The summed E-state index contributed by atoms with van der Waals surface area (Å²) in [5.74, 6) is 0. The van der Waals surface area contributed by atoms with Crippen LogP contribution in [-0.4, -0.2) is 9.67 Å². The first-order valence-electron chi connectivity index (χ1n) is 4.72. The number of halogens is 1. The molecule has 0 aliphatic carbocycles. The highest BCUT2D eigenvalue weighted by Gasteiger charge is 2.22. The third kappa shape index (κ3) is 1.01. The van der Waals surface area contributed by atoms with E-state index < -0.39 is 0 Å². The van der Waals surface area contributed by atoms with Gasteiger partial charge in [-0.3, -0.25) is 0 Å². The molecule has 1 aliphatic rings. The fourth-order valence-corrected chi connectivity index (χ4v) is 2.37. The van der Waals surface area contributed by atoms with Crippen LogP contribution in [0.5, 0.6) is 0 Å². The third-order valence-electron chi connectivity index (χ3n) is 2.86. The Kier molecular flexibility index (Phi) is 1.64. The third-order valence-corrected chi connectivity index (χ3v) is 3.10. The molecule has 1 aromatic carbocycles. The van der Waals surface area contributed by atoms with Crippen molar-refractivity contribution in [3.05, 3.63) is 35.0 Å². The molecule has 0 saturated carbocycles. The number of hydrogen-bond donors (Lipinski definition) is 1. The summed E-state index contributed by atoms with van der Waals surface area (Å²) < 4.78 is 2.16. The number of aliphatic hydroxyl groups is 1. The van der Waals surface area contributed by atoms with Gasteiger partial charge in [-0.1, -0.05) is 11.6 Å². The summed E-state index contributed by atoms with van der Waals surface area (Å²) >= 11 is 5.91. The molecule has 0 fully saturated rings.